The summed E-state index contributed by atoms with van der Waals surface area (Å²) >= 11 is 6.30. The van der Waals surface area contributed by atoms with Crippen molar-refractivity contribution in [2.45, 2.75) is 13.3 Å². The number of benzene rings is 3. The van der Waals surface area contributed by atoms with Gasteiger partial charge in [-0.15, -0.1) is 0 Å². The molecule has 0 unspecified atom stereocenters. The third-order valence-electron chi connectivity index (χ3n) is 5.09. The van der Waals surface area contributed by atoms with Crippen LogP contribution in [0, 0.1) is 6.92 Å². The smallest absolute Gasteiger partial charge is 0.273 e. The van der Waals surface area contributed by atoms with Crippen LogP contribution in [-0.4, -0.2) is 17.8 Å². The molecule has 0 atom stereocenters. The Labute approximate surface area is 185 Å². The molecule has 6 heteroatoms. The number of hydrogen-bond donors (Lipinski definition) is 1. The Balaban J connectivity index is 1.71. The summed E-state index contributed by atoms with van der Waals surface area (Å²) in [6.07, 6.45) is 2.06. The van der Waals surface area contributed by atoms with E-state index in [1.54, 1.807) is 24.3 Å². The number of amides is 4. The maximum Gasteiger partial charge on any atom is 0.335 e. The van der Waals surface area contributed by atoms with Gasteiger partial charge in [0.05, 0.1) is 5.69 Å². The summed E-state index contributed by atoms with van der Waals surface area (Å²) in [5.74, 6) is -1.38. The van der Waals surface area contributed by atoms with Crippen LogP contribution in [0.15, 0.2) is 78.4 Å². The first-order valence-electron chi connectivity index (χ1n) is 9.73. The summed E-state index contributed by atoms with van der Waals surface area (Å²) in [6.45, 7) is 1.91. The van der Waals surface area contributed by atoms with Gasteiger partial charge in [-0.2, -0.15) is 0 Å². The monoisotopic (exact) mass is 430 g/mol. The van der Waals surface area contributed by atoms with Gasteiger partial charge in [-0.05, 0) is 54.3 Å². The highest BCUT2D eigenvalue weighted by Crippen LogP contribution is 2.25. The van der Waals surface area contributed by atoms with E-state index in [0.29, 0.717) is 22.7 Å². The van der Waals surface area contributed by atoms with Gasteiger partial charge in [0.2, 0.25) is 0 Å². The van der Waals surface area contributed by atoms with Crippen molar-refractivity contribution in [1.29, 1.82) is 0 Å². The number of halogens is 1. The van der Waals surface area contributed by atoms with Gasteiger partial charge in [0.1, 0.15) is 5.57 Å². The molecule has 0 radical (unpaired) electrons. The molecule has 3 aromatic rings. The van der Waals surface area contributed by atoms with Crippen LogP contribution in [0.4, 0.5) is 10.5 Å². The van der Waals surface area contributed by atoms with Crippen molar-refractivity contribution in [3.63, 3.8) is 0 Å². The molecule has 1 aliphatic rings. The SMILES string of the molecule is Cc1ccc(N2C(=O)NC(=O)/C(=C\c3ccccc3Cc3ccccc3Cl)C2=O)cc1. The fourth-order valence-corrected chi connectivity index (χ4v) is 3.63. The summed E-state index contributed by atoms with van der Waals surface area (Å²) in [4.78, 5) is 39.0. The number of hydrogen-bond acceptors (Lipinski definition) is 3. The Morgan fingerprint density at radius 3 is 2.23 bits per heavy atom. The van der Waals surface area contributed by atoms with Crippen molar-refractivity contribution in [3.8, 4) is 0 Å². The van der Waals surface area contributed by atoms with Crippen LogP contribution in [0.3, 0.4) is 0 Å². The summed E-state index contributed by atoms with van der Waals surface area (Å²) in [6, 6.07) is 21.2. The number of imide groups is 2. The average Bonchev–Trinajstić information content (AvgIpc) is 2.75. The van der Waals surface area contributed by atoms with Crippen molar-refractivity contribution >= 4 is 41.2 Å². The van der Waals surface area contributed by atoms with Crippen molar-refractivity contribution in [2.75, 3.05) is 4.90 Å². The number of nitrogens with zero attached hydrogens (tertiary/aromatic N) is 1. The molecular formula is C25H19ClN2O3. The second kappa shape index (κ2) is 8.58. The first-order valence-corrected chi connectivity index (χ1v) is 10.1. The Morgan fingerprint density at radius 2 is 1.52 bits per heavy atom. The standard InChI is InChI=1S/C25H19ClN2O3/c1-16-10-12-20(13-11-16)28-24(30)21(23(29)27-25(28)31)15-18-7-3-2-6-17(18)14-19-8-4-5-9-22(19)26/h2-13,15H,14H2,1H3,(H,27,29,31)/b21-15+. The van der Waals surface area contributed by atoms with E-state index in [4.69, 9.17) is 11.6 Å². The predicted molar refractivity (Wildman–Crippen MR) is 121 cm³/mol. The minimum absolute atomic E-state index is 0.105. The van der Waals surface area contributed by atoms with Crippen molar-refractivity contribution < 1.29 is 14.4 Å². The van der Waals surface area contributed by atoms with Crippen molar-refractivity contribution in [3.05, 3.63) is 106 Å². The fourth-order valence-electron chi connectivity index (χ4n) is 3.42. The molecule has 1 aliphatic heterocycles. The zero-order chi connectivity index (χ0) is 22.0. The Kier molecular flexibility index (Phi) is 5.69. The second-order valence-corrected chi connectivity index (χ2v) is 7.67. The van der Waals surface area contributed by atoms with Crippen LogP contribution in [0.5, 0.6) is 0 Å². The van der Waals surface area contributed by atoms with Gasteiger partial charge >= 0.3 is 6.03 Å². The molecule has 0 saturated carbocycles. The minimum atomic E-state index is -0.764. The van der Waals surface area contributed by atoms with E-state index in [1.165, 1.54) is 6.08 Å². The number of barbiturate groups is 1. The first-order chi connectivity index (χ1) is 14.9. The van der Waals surface area contributed by atoms with Crippen LogP contribution in [0.2, 0.25) is 5.02 Å². The van der Waals surface area contributed by atoms with E-state index in [0.717, 1.165) is 21.6 Å². The van der Waals surface area contributed by atoms with Gasteiger partial charge in [-0.1, -0.05) is 71.8 Å². The molecule has 1 fully saturated rings. The van der Waals surface area contributed by atoms with Gasteiger partial charge < -0.3 is 0 Å². The van der Waals surface area contributed by atoms with Gasteiger partial charge in [0, 0.05) is 5.02 Å². The molecule has 3 aromatic carbocycles. The van der Waals surface area contributed by atoms with Crippen LogP contribution < -0.4 is 10.2 Å². The Hall–Kier alpha value is -3.70. The van der Waals surface area contributed by atoms with E-state index in [9.17, 15) is 14.4 Å². The Morgan fingerprint density at radius 1 is 0.871 bits per heavy atom. The van der Waals surface area contributed by atoms with E-state index in [1.807, 2.05) is 55.5 Å². The van der Waals surface area contributed by atoms with Gasteiger partial charge in [-0.3, -0.25) is 14.9 Å². The third kappa shape index (κ3) is 4.27. The first kappa shape index (κ1) is 20.6. The van der Waals surface area contributed by atoms with E-state index in [-0.39, 0.29) is 5.57 Å². The normalized spacial score (nSPS) is 15.4. The molecule has 4 rings (SSSR count). The maximum atomic E-state index is 13.1. The number of urea groups is 1. The molecule has 5 nitrogen and oxygen atoms in total. The van der Waals surface area contributed by atoms with Gasteiger partial charge in [0.25, 0.3) is 11.8 Å². The second-order valence-electron chi connectivity index (χ2n) is 7.26. The van der Waals surface area contributed by atoms with Crippen molar-refractivity contribution in [1.82, 2.24) is 5.32 Å². The number of rotatable bonds is 4. The lowest BCUT2D eigenvalue weighted by Gasteiger charge is -2.26. The number of carbonyl (C=O) groups excluding carboxylic acids is 3. The zero-order valence-electron chi connectivity index (χ0n) is 16.8. The van der Waals surface area contributed by atoms with E-state index < -0.39 is 17.8 Å². The summed E-state index contributed by atoms with van der Waals surface area (Å²) in [7, 11) is 0. The number of carbonyl (C=O) groups is 3. The molecule has 1 N–H and O–H groups in total. The highest BCUT2D eigenvalue weighted by molar-refractivity contribution is 6.39. The fraction of sp³-hybridized carbons (Fsp3) is 0.0800. The highest BCUT2D eigenvalue weighted by atomic mass is 35.5. The summed E-state index contributed by atoms with van der Waals surface area (Å²) in [5, 5.41) is 2.91. The summed E-state index contributed by atoms with van der Waals surface area (Å²) in [5.41, 5.74) is 3.84. The van der Waals surface area contributed by atoms with Gasteiger partial charge in [0.15, 0.2) is 0 Å². The number of aryl methyl sites for hydroxylation is 1. The van der Waals surface area contributed by atoms with Crippen LogP contribution in [-0.2, 0) is 16.0 Å². The maximum absolute atomic E-state index is 13.1. The quantitative estimate of drug-likeness (QED) is 0.472. The molecule has 0 aliphatic carbocycles. The Bertz CT molecular complexity index is 1220. The van der Waals surface area contributed by atoms with Crippen LogP contribution in [0.25, 0.3) is 6.08 Å². The minimum Gasteiger partial charge on any atom is -0.273 e. The molecule has 31 heavy (non-hydrogen) atoms. The molecule has 154 valence electrons. The lowest BCUT2D eigenvalue weighted by molar-refractivity contribution is -0.122. The number of nitrogens with one attached hydrogen (secondary N) is 1. The van der Waals surface area contributed by atoms with Crippen molar-refractivity contribution in [2.24, 2.45) is 0 Å². The molecule has 1 saturated heterocycles. The average molecular weight is 431 g/mol. The third-order valence-corrected chi connectivity index (χ3v) is 5.46. The lowest BCUT2D eigenvalue weighted by atomic mass is 9.97. The van der Waals surface area contributed by atoms with Gasteiger partial charge in [-0.25, -0.2) is 9.69 Å². The molecule has 0 aromatic heterocycles. The molecular weight excluding hydrogens is 412 g/mol. The van der Waals surface area contributed by atoms with Crippen LogP contribution in [0.1, 0.15) is 22.3 Å². The lowest BCUT2D eigenvalue weighted by Crippen LogP contribution is -2.54. The largest absolute Gasteiger partial charge is 0.335 e. The predicted octanol–water partition coefficient (Wildman–Crippen LogP) is 4.91. The van der Waals surface area contributed by atoms with E-state index in [2.05, 4.69) is 5.32 Å². The molecule has 0 spiro atoms. The topological polar surface area (TPSA) is 66.5 Å². The zero-order valence-corrected chi connectivity index (χ0v) is 17.5. The van der Waals surface area contributed by atoms with Crippen LogP contribution >= 0.6 is 11.6 Å². The highest BCUT2D eigenvalue weighted by Gasteiger charge is 2.36. The number of anilines is 1. The molecule has 0 bridgehead atoms. The summed E-state index contributed by atoms with van der Waals surface area (Å²) < 4.78 is 0. The molecule has 1 heterocycles. The van der Waals surface area contributed by atoms with E-state index >= 15 is 0 Å². The molecule has 4 amide bonds.